The Bertz CT molecular complexity index is 291. The molecule has 0 radical (unpaired) electrons. The molecule has 80 valence electrons. The molecule has 1 rings (SSSR count). The van der Waals surface area contributed by atoms with Gasteiger partial charge in [0.2, 0.25) is 0 Å². The van der Waals surface area contributed by atoms with E-state index in [1.54, 1.807) is 0 Å². The maximum Gasteiger partial charge on any atom is 0.0704 e. The zero-order valence-electron chi connectivity index (χ0n) is 8.81. The van der Waals surface area contributed by atoms with E-state index < -0.39 is 0 Å². The molecule has 14 heavy (non-hydrogen) atoms. The van der Waals surface area contributed by atoms with Crippen LogP contribution in [0.15, 0.2) is 9.85 Å². The van der Waals surface area contributed by atoms with Gasteiger partial charge in [-0.25, -0.2) is 0 Å². The molecule has 1 unspecified atom stereocenters. The van der Waals surface area contributed by atoms with Gasteiger partial charge in [-0.05, 0) is 53.2 Å². The minimum Gasteiger partial charge on any atom is -0.133 e. The van der Waals surface area contributed by atoms with Crippen LogP contribution in [0.5, 0.6) is 0 Å². The quantitative estimate of drug-likeness (QED) is 0.618. The van der Waals surface area contributed by atoms with E-state index in [2.05, 4.69) is 58.7 Å². The fraction of sp³-hybridized carbons (Fsp3) is 0.636. The van der Waals surface area contributed by atoms with E-state index in [9.17, 15) is 0 Å². The first-order valence-corrected chi connectivity index (χ1v) is 7.43. The molecule has 0 spiro atoms. The predicted molar refractivity (Wildman–Crippen MR) is 72.5 cm³/mol. The van der Waals surface area contributed by atoms with Gasteiger partial charge in [0.15, 0.2) is 0 Å². The first-order valence-electron chi connectivity index (χ1n) is 4.90. The normalized spacial score (nSPS) is 13.6. The minimum absolute atomic E-state index is 0.521. The third-order valence-electron chi connectivity index (χ3n) is 2.26. The van der Waals surface area contributed by atoms with Gasteiger partial charge in [-0.1, -0.05) is 29.8 Å². The molecule has 0 fully saturated rings. The van der Waals surface area contributed by atoms with Crippen molar-refractivity contribution in [1.82, 2.24) is 0 Å². The van der Waals surface area contributed by atoms with Crippen LogP contribution in [0.25, 0.3) is 0 Å². The third-order valence-corrected chi connectivity index (χ3v) is 4.78. The molecule has 1 aromatic rings. The van der Waals surface area contributed by atoms with Crippen LogP contribution in [0, 0.1) is 12.8 Å². The average Bonchev–Trinajstić information content (AvgIpc) is 2.41. The van der Waals surface area contributed by atoms with Crippen LogP contribution in [0.2, 0.25) is 0 Å². The van der Waals surface area contributed by atoms with Crippen LogP contribution in [-0.4, -0.2) is 0 Å². The predicted octanol–water partition coefficient (Wildman–Crippen LogP) is 5.69. The fourth-order valence-electron chi connectivity index (χ4n) is 1.40. The number of alkyl halides is 1. The molecule has 0 aliphatic carbocycles. The number of hydrogen-bond acceptors (Lipinski definition) is 1. The lowest BCUT2D eigenvalue weighted by Gasteiger charge is -2.10. The SMILES string of the molecule is Cc1sc(Br)cc1C(Br)CCC(C)C. The van der Waals surface area contributed by atoms with Gasteiger partial charge >= 0.3 is 0 Å². The molecular formula is C11H16Br2S. The number of hydrogen-bond donors (Lipinski definition) is 0. The molecule has 3 heteroatoms. The summed E-state index contributed by atoms with van der Waals surface area (Å²) in [5, 5.41) is 0. The molecule has 0 nitrogen and oxygen atoms in total. The highest BCUT2D eigenvalue weighted by molar-refractivity contribution is 9.11. The highest BCUT2D eigenvalue weighted by Gasteiger charge is 2.13. The molecule has 0 saturated heterocycles. The van der Waals surface area contributed by atoms with Gasteiger partial charge in [0, 0.05) is 9.70 Å². The summed E-state index contributed by atoms with van der Waals surface area (Å²) in [6, 6.07) is 2.24. The minimum atomic E-state index is 0.521. The Kier molecular flexibility index (Phi) is 5.15. The van der Waals surface area contributed by atoms with Crippen molar-refractivity contribution >= 4 is 43.2 Å². The third kappa shape index (κ3) is 3.67. The standard InChI is InChI=1S/C11H16Br2S/c1-7(2)4-5-10(12)9-6-11(13)14-8(9)3/h6-7,10H,4-5H2,1-3H3. The van der Waals surface area contributed by atoms with Crippen molar-refractivity contribution in [2.45, 2.75) is 38.4 Å². The van der Waals surface area contributed by atoms with Crippen LogP contribution in [-0.2, 0) is 0 Å². The molecule has 1 heterocycles. The molecule has 0 amide bonds. The Hall–Kier alpha value is 0.660. The van der Waals surface area contributed by atoms with E-state index in [0.717, 1.165) is 5.92 Å². The van der Waals surface area contributed by atoms with Crippen molar-refractivity contribution in [3.05, 3.63) is 20.3 Å². The van der Waals surface area contributed by atoms with E-state index in [0.29, 0.717) is 4.83 Å². The number of rotatable bonds is 4. The molecule has 1 atom stereocenters. The zero-order chi connectivity index (χ0) is 10.7. The molecule has 0 aromatic carbocycles. The van der Waals surface area contributed by atoms with Gasteiger partial charge in [0.05, 0.1) is 3.79 Å². The molecule has 0 bridgehead atoms. The second-order valence-corrected chi connectivity index (χ2v) is 7.74. The smallest absolute Gasteiger partial charge is 0.0704 e. The van der Waals surface area contributed by atoms with Crippen LogP contribution in [0.4, 0.5) is 0 Å². The second-order valence-electron chi connectivity index (χ2n) is 4.00. The highest BCUT2D eigenvalue weighted by Crippen LogP contribution is 2.37. The maximum atomic E-state index is 3.76. The zero-order valence-corrected chi connectivity index (χ0v) is 12.8. The molecule has 0 N–H and O–H groups in total. The lowest BCUT2D eigenvalue weighted by atomic mass is 10.0. The van der Waals surface area contributed by atoms with E-state index in [-0.39, 0.29) is 0 Å². The summed E-state index contributed by atoms with van der Waals surface area (Å²) in [5.41, 5.74) is 1.45. The summed E-state index contributed by atoms with van der Waals surface area (Å²) in [6.45, 7) is 6.74. The van der Waals surface area contributed by atoms with Crippen molar-refractivity contribution < 1.29 is 0 Å². The highest BCUT2D eigenvalue weighted by atomic mass is 79.9. The molecule has 0 aliphatic rings. The molecule has 0 saturated carbocycles. The van der Waals surface area contributed by atoms with E-state index >= 15 is 0 Å². The van der Waals surface area contributed by atoms with Crippen molar-refractivity contribution in [3.8, 4) is 0 Å². The van der Waals surface area contributed by atoms with Crippen LogP contribution >= 0.6 is 43.2 Å². The van der Waals surface area contributed by atoms with Crippen LogP contribution < -0.4 is 0 Å². The Labute approximate surface area is 107 Å². The van der Waals surface area contributed by atoms with Gasteiger partial charge in [-0.15, -0.1) is 11.3 Å². The summed E-state index contributed by atoms with van der Waals surface area (Å²) in [4.78, 5) is 1.94. The van der Waals surface area contributed by atoms with E-state index in [1.165, 1.54) is 27.1 Å². The summed E-state index contributed by atoms with van der Waals surface area (Å²) < 4.78 is 1.24. The Morgan fingerprint density at radius 3 is 2.43 bits per heavy atom. The van der Waals surface area contributed by atoms with Gasteiger partial charge in [0.1, 0.15) is 0 Å². The molecule has 1 aromatic heterocycles. The lowest BCUT2D eigenvalue weighted by molar-refractivity contribution is 0.554. The second kappa shape index (κ2) is 5.66. The topological polar surface area (TPSA) is 0 Å². The van der Waals surface area contributed by atoms with Crippen LogP contribution in [0.1, 0.15) is 42.0 Å². The first-order chi connectivity index (χ1) is 6.50. The maximum absolute atomic E-state index is 3.76. The number of halogens is 2. The van der Waals surface area contributed by atoms with Gasteiger partial charge in [-0.3, -0.25) is 0 Å². The van der Waals surface area contributed by atoms with Gasteiger partial charge in [-0.2, -0.15) is 0 Å². The summed E-state index contributed by atoms with van der Waals surface area (Å²) in [7, 11) is 0. The van der Waals surface area contributed by atoms with Crippen LogP contribution in [0.3, 0.4) is 0 Å². The Balaban J connectivity index is 2.60. The number of aryl methyl sites for hydroxylation is 1. The summed E-state index contributed by atoms with van der Waals surface area (Å²) in [5.74, 6) is 0.789. The first kappa shape index (κ1) is 12.7. The van der Waals surface area contributed by atoms with Crippen molar-refractivity contribution in [1.29, 1.82) is 0 Å². The van der Waals surface area contributed by atoms with Crippen molar-refractivity contribution in [2.24, 2.45) is 5.92 Å². The van der Waals surface area contributed by atoms with Gasteiger partial charge < -0.3 is 0 Å². The Morgan fingerprint density at radius 1 is 1.36 bits per heavy atom. The number of thiophene rings is 1. The lowest BCUT2D eigenvalue weighted by Crippen LogP contribution is -1.94. The molecular weight excluding hydrogens is 324 g/mol. The van der Waals surface area contributed by atoms with E-state index in [1.807, 2.05) is 11.3 Å². The summed E-state index contributed by atoms with van der Waals surface area (Å²) >= 11 is 9.11. The summed E-state index contributed by atoms with van der Waals surface area (Å²) in [6.07, 6.45) is 2.50. The largest absolute Gasteiger partial charge is 0.133 e. The average molecular weight is 340 g/mol. The van der Waals surface area contributed by atoms with Crippen molar-refractivity contribution in [3.63, 3.8) is 0 Å². The van der Waals surface area contributed by atoms with Crippen molar-refractivity contribution in [2.75, 3.05) is 0 Å². The monoisotopic (exact) mass is 338 g/mol. The van der Waals surface area contributed by atoms with Gasteiger partial charge in [0.25, 0.3) is 0 Å². The fourth-order valence-corrected chi connectivity index (χ4v) is 4.07. The van der Waals surface area contributed by atoms with E-state index in [4.69, 9.17) is 0 Å². The Morgan fingerprint density at radius 2 is 2.00 bits per heavy atom. The molecule has 0 aliphatic heterocycles.